The molecule has 0 saturated heterocycles. The zero-order valence-electron chi connectivity index (χ0n) is 15.4. The van der Waals surface area contributed by atoms with E-state index in [2.05, 4.69) is 36.3 Å². The van der Waals surface area contributed by atoms with Crippen molar-refractivity contribution in [2.24, 2.45) is 5.92 Å². The first-order chi connectivity index (χ1) is 11.6. The first-order valence-corrected chi connectivity index (χ1v) is 10.9. The van der Waals surface area contributed by atoms with E-state index in [1.54, 1.807) is 10.8 Å². The SMILES string of the molecule is CCNCCSSC(C)OCCCCOC(=O)NCC#CC(C)C. The predicted molar refractivity (Wildman–Crippen MR) is 105 cm³/mol. The van der Waals surface area contributed by atoms with Gasteiger partial charge in [-0.05, 0) is 26.3 Å². The standard InChI is InChI=1S/C17H32N2O3S2/c1-5-18-11-14-23-24-16(4)21-12-6-7-13-22-17(20)19-10-8-9-15(2)3/h15-16,18H,5-7,10-14H2,1-4H3,(H,19,20). The van der Waals surface area contributed by atoms with E-state index in [4.69, 9.17) is 9.47 Å². The molecule has 1 unspecified atom stereocenters. The van der Waals surface area contributed by atoms with E-state index in [9.17, 15) is 4.79 Å². The number of unbranched alkanes of at least 4 members (excludes halogenated alkanes) is 1. The van der Waals surface area contributed by atoms with Crippen molar-refractivity contribution in [1.82, 2.24) is 10.6 Å². The number of nitrogens with one attached hydrogen (secondary N) is 2. The van der Waals surface area contributed by atoms with Crippen LogP contribution in [0.5, 0.6) is 0 Å². The van der Waals surface area contributed by atoms with Gasteiger partial charge in [0.25, 0.3) is 0 Å². The van der Waals surface area contributed by atoms with Crippen LogP contribution in [0.25, 0.3) is 0 Å². The minimum absolute atomic E-state index is 0.181. The molecule has 0 heterocycles. The van der Waals surface area contributed by atoms with E-state index in [-0.39, 0.29) is 5.44 Å². The molecule has 0 rings (SSSR count). The Morgan fingerprint density at radius 2 is 1.96 bits per heavy atom. The van der Waals surface area contributed by atoms with Crippen LogP contribution in [0, 0.1) is 17.8 Å². The van der Waals surface area contributed by atoms with Crippen LogP contribution in [0.4, 0.5) is 4.79 Å². The lowest BCUT2D eigenvalue weighted by Crippen LogP contribution is -2.25. The number of ether oxygens (including phenoxy) is 2. The summed E-state index contributed by atoms with van der Waals surface area (Å²) in [5.41, 5.74) is 0.181. The van der Waals surface area contributed by atoms with E-state index >= 15 is 0 Å². The van der Waals surface area contributed by atoms with Crippen LogP contribution in [0.3, 0.4) is 0 Å². The number of alkyl carbamates (subject to hydrolysis) is 1. The number of hydrogen-bond acceptors (Lipinski definition) is 6. The quantitative estimate of drug-likeness (QED) is 0.222. The van der Waals surface area contributed by atoms with Gasteiger partial charge in [-0.1, -0.05) is 54.2 Å². The van der Waals surface area contributed by atoms with Gasteiger partial charge in [0, 0.05) is 24.8 Å². The van der Waals surface area contributed by atoms with Crippen molar-refractivity contribution in [3.63, 3.8) is 0 Å². The normalized spacial score (nSPS) is 11.7. The van der Waals surface area contributed by atoms with Crippen LogP contribution in [0.2, 0.25) is 0 Å². The van der Waals surface area contributed by atoms with Gasteiger partial charge in [0.15, 0.2) is 0 Å². The summed E-state index contributed by atoms with van der Waals surface area (Å²) in [4.78, 5) is 11.4. The fourth-order valence-corrected chi connectivity index (χ4v) is 3.45. The molecule has 140 valence electrons. The van der Waals surface area contributed by atoms with Gasteiger partial charge in [0.2, 0.25) is 0 Å². The van der Waals surface area contributed by atoms with Crippen LogP contribution >= 0.6 is 21.6 Å². The van der Waals surface area contributed by atoms with E-state index in [1.165, 1.54) is 0 Å². The van der Waals surface area contributed by atoms with Crippen molar-refractivity contribution >= 4 is 27.7 Å². The zero-order chi connectivity index (χ0) is 18.0. The van der Waals surface area contributed by atoms with Crippen molar-refractivity contribution in [3.8, 4) is 11.8 Å². The van der Waals surface area contributed by atoms with Crippen molar-refractivity contribution in [1.29, 1.82) is 0 Å². The molecule has 0 aliphatic heterocycles. The van der Waals surface area contributed by atoms with Crippen molar-refractivity contribution < 1.29 is 14.3 Å². The highest BCUT2D eigenvalue weighted by Gasteiger charge is 2.03. The number of carbonyl (C=O) groups excluding carboxylic acids is 1. The third kappa shape index (κ3) is 17.8. The molecule has 0 aromatic rings. The molecule has 0 spiro atoms. The fourth-order valence-electron chi connectivity index (χ4n) is 1.50. The van der Waals surface area contributed by atoms with Crippen molar-refractivity contribution in [3.05, 3.63) is 0 Å². The van der Waals surface area contributed by atoms with Crippen molar-refractivity contribution in [2.75, 3.05) is 38.6 Å². The molecule has 24 heavy (non-hydrogen) atoms. The fraction of sp³-hybridized carbons (Fsp3) is 0.824. The molecule has 0 aromatic carbocycles. The number of rotatable bonds is 13. The molecule has 5 nitrogen and oxygen atoms in total. The summed E-state index contributed by atoms with van der Waals surface area (Å²) in [5.74, 6) is 7.25. The number of hydrogen-bond donors (Lipinski definition) is 2. The lowest BCUT2D eigenvalue weighted by Gasteiger charge is -2.12. The highest BCUT2D eigenvalue weighted by molar-refractivity contribution is 8.76. The second-order valence-electron chi connectivity index (χ2n) is 5.38. The van der Waals surface area contributed by atoms with E-state index < -0.39 is 6.09 Å². The number of amides is 1. The summed E-state index contributed by atoms with van der Waals surface area (Å²) in [5, 5.41) is 5.90. The first-order valence-electron chi connectivity index (χ1n) is 8.55. The molecule has 0 fully saturated rings. The van der Waals surface area contributed by atoms with E-state index in [1.807, 2.05) is 24.6 Å². The van der Waals surface area contributed by atoms with Gasteiger partial charge in [0.1, 0.15) is 5.44 Å². The molecule has 1 amide bonds. The largest absolute Gasteiger partial charge is 0.450 e. The Morgan fingerprint density at radius 1 is 1.21 bits per heavy atom. The van der Waals surface area contributed by atoms with Crippen LogP contribution in [0.15, 0.2) is 0 Å². The summed E-state index contributed by atoms with van der Waals surface area (Å²) in [7, 11) is 3.58. The summed E-state index contributed by atoms with van der Waals surface area (Å²) >= 11 is 0. The van der Waals surface area contributed by atoms with Crippen molar-refractivity contribution in [2.45, 2.75) is 46.0 Å². The molecule has 0 bridgehead atoms. The summed E-state index contributed by atoms with van der Waals surface area (Å²) in [6, 6.07) is 0. The Hall–Kier alpha value is -0.550. The average Bonchev–Trinajstić information content (AvgIpc) is 2.54. The van der Waals surface area contributed by atoms with Gasteiger partial charge in [-0.2, -0.15) is 0 Å². The van der Waals surface area contributed by atoms with Crippen LogP contribution in [0.1, 0.15) is 40.5 Å². The third-order valence-electron chi connectivity index (χ3n) is 2.65. The third-order valence-corrected chi connectivity index (χ3v) is 5.29. The van der Waals surface area contributed by atoms with Gasteiger partial charge in [-0.25, -0.2) is 4.79 Å². The molecular formula is C17H32N2O3S2. The molecule has 0 saturated carbocycles. The Balaban J connectivity index is 3.37. The minimum Gasteiger partial charge on any atom is -0.450 e. The molecule has 2 N–H and O–H groups in total. The monoisotopic (exact) mass is 376 g/mol. The Bertz CT molecular complexity index is 371. The predicted octanol–water partition coefficient (Wildman–Crippen LogP) is 3.51. The Morgan fingerprint density at radius 3 is 2.67 bits per heavy atom. The van der Waals surface area contributed by atoms with Gasteiger partial charge in [0.05, 0.1) is 13.2 Å². The van der Waals surface area contributed by atoms with Crippen LogP contribution < -0.4 is 10.6 Å². The molecule has 0 aliphatic carbocycles. The maximum atomic E-state index is 11.4. The molecular weight excluding hydrogens is 344 g/mol. The average molecular weight is 377 g/mol. The number of carbonyl (C=O) groups is 1. The lowest BCUT2D eigenvalue weighted by atomic mass is 10.2. The minimum atomic E-state index is -0.407. The molecule has 0 radical (unpaired) electrons. The van der Waals surface area contributed by atoms with Gasteiger partial charge < -0.3 is 20.1 Å². The van der Waals surface area contributed by atoms with Crippen LogP contribution in [-0.2, 0) is 9.47 Å². The molecule has 1 atom stereocenters. The summed E-state index contributed by atoms with van der Waals surface area (Å²) < 4.78 is 10.8. The highest BCUT2D eigenvalue weighted by atomic mass is 33.1. The van der Waals surface area contributed by atoms with E-state index in [0.717, 1.165) is 31.7 Å². The smallest absolute Gasteiger partial charge is 0.407 e. The maximum Gasteiger partial charge on any atom is 0.407 e. The van der Waals surface area contributed by atoms with Gasteiger partial charge >= 0.3 is 6.09 Å². The molecule has 7 heteroatoms. The summed E-state index contributed by atoms with van der Waals surface area (Å²) in [6.07, 6.45) is 1.28. The van der Waals surface area contributed by atoms with E-state index in [0.29, 0.717) is 25.7 Å². The maximum absolute atomic E-state index is 11.4. The second kappa shape index (κ2) is 17.3. The highest BCUT2D eigenvalue weighted by Crippen LogP contribution is 2.26. The van der Waals surface area contributed by atoms with Gasteiger partial charge in [-0.3, -0.25) is 0 Å². The first kappa shape index (κ1) is 23.4. The summed E-state index contributed by atoms with van der Waals surface area (Å²) in [6.45, 7) is 11.7. The second-order valence-corrected chi connectivity index (χ2v) is 8.17. The van der Waals surface area contributed by atoms with Gasteiger partial charge in [-0.15, -0.1) is 0 Å². The Kier molecular flexibility index (Phi) is 16.9. The topological polar surface area (TPSA) is 59.6 Å². The zero-order valence-corrected chi connectivity index (χ0v) is 17.0. The van der Waals surface area contributed by atoms with Crippen LogP contribution in [-0.4, -0.2) is 50.1 Å². The Labute approximate surface area is 155 Å². The molecule has 0 aromatic heterocycles. The molecule has 0 aliphatic rings. The lowest BCUT2D eigenvalue weighted by molar-refractivity contribution is 0.109.